The molecule has 0 aliphatic heterocycles. The topological polar surface area (TPSA) is 82.5 Å². The molecule has 2 aromatic carbocycles. The number of rotatable bonds is 8. The van der Waals surface area contributed by atoms with E-state index in [1.54, 1.807) is 26.6 Å². The van der Waals surface area contributed by atoms with Crippen LogP contribution in [0.5, 0.6) is 11.5 Å². The number of allylic oxidation sites excluding steroid dienone is 1. The number of hydrogen-bond acceptors (Lipinski definition) is 6. The van der Waals surface area contributed by atoms with Crippen LogP contribution in [0.25, 0.3) is 27.8 Å². The Kier molecular flexibility index (Phi) is 6.31. The molecule has 164 valence electrons. The molecule has 4 aromatic rings. The maximum atomic E-state index is 6.31. The summed E-state index contributed by atoms with van der Waals surface area (Å²) in [6, 6.07) is 15.7. The lowest BCUT2D eigenvalue weighted by molar-refractivity contribution is 0.355. The highest BCUT2D eigenvalue weighted by Gasteiger charge is 2.14. The second-order valence-electron chi connectivity index (χ2n) is 7.43. The normalized spacial score (nSPS) is 11.5. The van der Waals surface area contributed by atoms with E-state index in [-0.39, 0.29) is 0 Å². The number of fused-ring (bicyclic) bond motifs is 1. The number of nitrogens with one attached hydrogen (secondary N) is 1. The van der Waals surface area contributed by atoms with Gasteiger partial charge in [0.05, 0.1) is 31.3 Å². The summed E-state index contributed by atoms with van der Waals surface area (Å²) in [5, 5.41) is 4.42. The van der Waals surface area contributed by atoms with Gasteiger partial charge in [0.25, 0.3) is 0 Å². The first-order valence-corrected chi connectivity index (χ1v) is 10.6. The second-order valence-corrected chi connectivity index (χ2v) is 7.43. The van der Waals surface area contributed by atoms with Crippen LogP contribution in [0.4, 0.5) is 11.4 Å². The van der Waals surface area contributed by atoms with Crippen molar-refractivity contribution in [2.45, 2.75) is 19.8 Å². The van der Waals surface area contributed by atoms with Crippen LogP contribution in [0.2, 0.25) is 0 Å². The third kappa shape index (κ3) is 4.39. The van der Waals surface area contributed by atoms with E-state index in [1.165, 1.54) is 0 Å². The Bertz CT molecular complexity index is 1210. The molecule has 0 amide bonds. The summed E-state index contributed by atoms with van der Waals surface area (Å²) in [6.45, 7) is 2.14. The molecule has 2 heterocycles. The van der Waals surface area contributed by atoms with Crippen molar-refractivity contribution >= 4 is 28.0 Å². The minimum atomic E-state index is 0.627. The van der Waals surface area contributed by atoms with E-state index in [0.29, 0.717) is 17.2 Å². The van der Waals surface area contributed by atoms with Gasteiger partial charge in [0.15, 0.2) is 17.3 Å². The molecular weight excluding hydrogens is 402 g/mol. The van der Waals surface area contributed by atoms with E-state index in [0.717, 1.165) is 52.1 Å². The molecule has 0 saturated carbocycles. The molecule has 6 nitrogen and oxygen atoms in total. The number of nitrogen functional groups attached to an aromatic ring is 1. The Morgan fingerprint density at radius 3 is 2.47 bits per heavy atom. The van der Waals surface area contributed by atoms with Crippen LogP contribution >= 0.6 is 0 Å². The first-order chi connectivity index (χ1) is 15.6. The molecule has 3 N–H and O–H groups in total. The number of hydrogen-bond donors (Lipinski definition) is 2. The zero-order valence-electron chi connectivity index (χ0n) is 18.5. The zero-order valence-corrected chi connectivity index (χ0v) is 18.5. The Morgan fingerprint density at radius 2 is 1.75 bits per heavy atom. The highest BCUT2D eigenvalue weighted by Crippen LogP contribution is 2.36. The van der Waals surface area contributed by atoms with Crippen LogP contribution in [-0.2, 0) is 0 Å². The van der Waals surface area contributed by atoms with Gasteiger partial charge in [0.2, 0.25) is 0 Å². The molecule has 0 fully saturated rings. The lowest BCUT2D eigenvalue weighted by Crippen LogP contribution is -2.02. The number of benzene rings is 2. The average Bonchev–Trinajstić information content (AvgIpc) is 3.25. The minimum Gasteiger partial charge on any atom is -0.493 e. The number of ether oxygens (including phenoxy) is 2. The van der Waals surface area contributed by atoms with Gasteiger partial charge in [0, 0.05) is 23.8 Å². The Balaban J connectivity index is 1.73. The van der Waals surface area contributed by atoms with Gasteiger partial charge in [-0.3, -0.25) is 4.98 Å². The van der Waals surface area contributed by atoms with E-state index >= 15 is 0 Å². The van der Waals surface area contributed by atoms with Gasteiger partial charge in [0.1, 0.15) is 5.58 Å². The molecule has 6 heteroatoms. The van der Waals surface area contributed by atoms with E-state index in [4.69, 9.17) is 19.6 Å². The van der Waals surface area contributed by atoms with Crippen LogP contribution < -0.4 is 20.5 Å². The molecule has 4 rings (SSSR count). The predicted octanol–water partition coefficient (Wildman–Crippen LogP) is 6.35. The second kappa shape index (κ2) is 9.47. The van der Waals surface area contributed by atoms with Crippen LogP contribution in [0.15, 0.2) is 71.4 Å². The molecule has 32 heavy (non-hydrogen) atoms. The molecule has 0 bridgehead atoms. The summed E-state index contributed by atoms with van der Waals surface area (Å²) in [5.41, 5.74) is 11.5. The monoisotopic (exact) mass is 429 g/mol. The third-order valence-electron chi connectivity index (χ3n) is 5.26. The Hall–Kier alpha value is -3.93. The number of pyridine rings is 1. The van der Waals surface area contributed by atoms with E-state index in [9.17, 15) is 0 Å². The van der Waals surface area contributed by atoms with Crippen LogP contribution in [0.3, 0.4) is 0 Å². The quantitative estimate of drug-likeness (QED) is 0.318. The fourth-order valence-corrected chi connectivity index (χ4v) is 3.53. The number of nitrogens with two attached hydrogens (primary N) is 1. The average molecular weight is 430 g/mol. The molecule has 0 atom stereocenters. The molecule has 2 aromatic heterocycles. The lowest BCUT2D eigenvalue weighted by atomic mass is 10.1. The Morgan fingerprint density at radius 1 is 1.00 bits per heavy atom. The largest absolute Gasteiger partial charge is 0.493 e. The van der Waals surface area contributed by atoms with Gasteiger partial charge in [-0.15, -0.1) is 0 Å². The molecule has 0 aliphatic carbocycles. The van der Waals surface area contributed by atoms with Crippen LogP contribution in [0, 0.1) is 0 Å². The van der Waals surface area contributed by atoms with Crippen LogP contribution in [0.1, 0.15) is 25.5 Å². The molecular formula is C26H27N3O3. The lowest BCUT2D eigenvalue weighted by Gasteiger charge is -2.13. The number of furan rings is 1. The number of unbranched alkanes of at least 4 members (excludes halogenated alkanes) is 1. The first-order valence-electron chi connectivity index (χ1n) is 10.6. The maximum Gasteiger partial charge on any atom is 0.164 e. The third-order valence-corrected chi connectivity index (χ3v) is 5.26. The maximum absolute atomic E-state index is 6.31. The van der Waals surface area contributed by atoms with Gasteiger partial charge in [-0.2, -0.15) is 0 Å². The summed E-state index contributed by atoms with van der Waals surface area (Å²) < 4.78 is 17.0. The van der Waals surface area contributed by atoms with Crippen molar-refractivity contribution in [3.8, 4) is 22.6 Å². The van der Waals surface area contributed by atoms with E-state index < -0.39 is 0 Å². The highest BCUT2D eigenvalue weighted by molar-refractivity contribution is 5.89. The van der Waals surface area contributed by atoms with E-state index in [2.05, 4.69) is 23.3 Å². The van der Waals surface area contributed by atoms with Gasteiger partial charge < -0.3 is 24.9 Å². The summed E-state index contributed by atoms with van der Waals surface area (Å²) in [6.07, 6.45) is 7.60. The Labute approximate surface area is 187 Å². The van der Waals surface area contributed by atoms with Gasteiger partial charge in [-0.05, 0) is 53.9 Å². The van der Waals surface area contributed by atoms with Crippen LogP contribution in [-0.4, -0.2) is 19.2 Å². The van der Waals surface area contributed by atoms with Crippen molar-refractivity contribution in [2.24, 2.45) is 0 Å². The standard InChI is InChI=1S/C26H27N3O3/c1-4-5-6-21(24-14-19-15-25(30-2)26(31-3)16-23(19)32-24)29-22-13-18(7-8-20(22)27)17-9-11-28-12-10-17/h6-16,29H,4-5,27H2,1-3H3/b21-6+. The van der Waals surface area contributed by atoms with Crippen molar-refractivity contribution < 1.29 is 13.9 Å². The number of nitrogens with zero attached hydrogens (tertiary/aromatic N) is 1. The van der Waals surface area contributed by atoms with E-state index in [1.807, 2.05) is 48.5 Å². The predicted molar refractivity (Wildman–Crippen MR) is 130 cm³/mol. The van der Waals surface area contributed by atoms with Gasteiger partial charge in [-0.1, -0.05) is 25.5 Å². The van der Waals surface area contributed by atoms with Crippen molar-refractivity contribution in [2.75, 3.05) is 25.3 Å². The summed E-state index contributed by atoms with van der Waals surface area (Å²) in [5.74, 6) is 2.01. The number of methoxy groups -OCH3 is 2. The molecule has 0 spiro atoms. The number of anilines is 2. The molecule has 0 saturated heterocycles. The zero-order chi connectivity index (χ0) is 22.5. The summed E-state index contributed by atoms with van der Waals surface area (Å²) in [4.78, 5) is 4.10. The molecule has 0 unspecified atom stereocenters. The minimum absolute atomic E-state index is 0.627. The van der Waals surface area contributed by atoms with Gasteiger partial charge in [-0.25, -0.2) is 0 Å². The smallest absolute Gasteiger partial charge is 0.164 e. The summed E-state index contributed by atoms with van der Waals surface area (Å²) in [7, 11) is 3.23. The van der Waals surface area contributed by atoms with Crippen molar-refractivity contribution in [3.05, 3.63) is 72.8 Å². The number of aromatic nitrogens is 1. The molecule has 0 aliphatic rings. The highest BCUT2D eigenvalue weighted by atomic mass is 16.5. The SMILES string of the molecule is CCC/C=C(/Nc1cc(-c2ccncc2)ccc1N)c1cc2cc(OC)c(OC)cc2o1. The van der Waals surface area contributed by atoms with Gasteiger partial charge >= 0.3 is 0 Å². The first kappa shape index (κ1) is 21.3. The van der Waals surface area contributed by atoms with Crippen molar-refractivity contribution in [1.29, 1.82) is 0 Å². The fraction of sp³-hybridized carbons (Fsp3) is 0.192. The van der Waals surface area contributed by atoms with Crippen molar-refractivity contribution in [1.82, 2.24) is 4.98 Å². The van der Waals surface area contributed by atoms with Crippen molar-refractivity contribution in [3.63, 3.8) is 0 Å². The summed E-state index contributed by atoms with van der Waals surface area (Å²) >= 11 is 0. The molecule has 0 radical (unpaired) electrons. The fourth-order valence-electron chi connectivity index (χ4n) is 3.53.